The van der Waals surface area contributed by atoms with Crippen LogP contribution in [0, 0.1) is 0 Å². The zero-order valence-electron chi connectivity index (χ0n) is 25.3. The average molecular weight is 768 g/mol. The fourth-order valence-corrected chi connectivity index (χ4v) is 12.3. The van der Waals surface area contributed by atoms with Crippen molar-refractivity contribution in [2.45, 2.75) is 91.4 Å². The Kier molecular flexibility index (Phi) is 17.8. The molecule has 0 aromatic heterocycles. The van der Waals surface area contributed by atoms with Gasteiger partial charge >= 0.3 is 25.8 Å². The molecule has 0 aliphatic rings. The summed E-state index contributed by atoms with van der Waals surface area (Å²) in [4.78, 5) is 0. The molecule has 0 fully saturated rings. The number of fused-ring (bicyclic) bond motifs is 2. The first kappa shape index (κ1) is 39.0. The van der Waals surface area contributed by atoms with Crippen LogP contribution in [0.25, 0.3) is 21.5 Å². The second-order valence-electron chi connectivity index (χ2n) is 12.1. The van der Waals surface area contributed by atoms with Crippen molar-refractivity contribution in [3.05, 3.63) is 72.8 Å². The second kappa shape index (κ2) is 17.8. The van der Waals surface area contributed by atoms with Gasteiger partial charge in [-0.3, -0.25) is 0 Å². The van der Waals surface area contributed by atoms with Crippen molar-refractivity contribution >= 4 is 48.0 Å². The van der Waals surface area contributed by atoms with Gasteiger partial charge in [0.05, 0.1) is 0 Å². The van der Waals surface area contributed by atoms with Crippen LogP contribution >= 0.6 is 15.8 Å². The second-order valence-corrected chi connectivity index (χ2v) is 18.4. The molecule has 0 amide bonds. The van der Waals surface area contributed by atoms with Gasteiger partial charge in [-0.1, -0.05) is 96.2 Å². The molecule has 0 saturated carbocycles. The summed E-state index contributed by atoms with van der Waals surface area (Å²) in [6.45, 7) is 18.9. The predicted octanol–water partition coefficient (Wildman–Crippen LogP) is 4.53. The van der Waals surface area contributed by atoms with Crippen molar-refractivity contribution in [1.29, 1.82) is 0 Å². The summed E-state index contributed by atoms with van der Waals surface area (Å²) in [5.74, 6) is 0. The number of rotatable bonds is 8. The molecule has 0 saturated heterocycles. The molecule has 0 N–H and O–H groups in total. The van der Waals surface area contributed by atoms with Crippen LogP contribution < -0.4 is 35.4 Å². The monoisotopic (exact) mass is 768 g/mol. The first-order valence-electron chi connectivity index (χ1n) is 13.9. The third-order valence-corrected chi connectivity index (χ3v) is 12.9. The molecule has 0 bridgehead atoms. The van der Waals surface area contributed by atoms with Crippen LogP contribution in [0.15, 0.2) is 72.8 Å². The van der Waals surface area contributed by atoms with Crippen LogP contribution in [-0.4, -0.2) is 22.6 Å². The van der Waals surface area contributed by atoms with E-state index in [9.17, 15) is 0 Å². The Labute approximate surface area is 273 Å². The Bertz CT molecular complexity index is 1130. The SMILES string of the molecule is CC(C)(C)P(c1cc2ccccc2[cH-]1)C(C)(C)C.CCCCP(CCCC)c1cc2ccccc2[cH-]1.[Cl-].[Cl-].[Hf+4]. The Morgan fingerprint density at radius 3 is 1.38 bits per heavy atom. The van der Waals surface area contributed by atoms with E-state index in [1.165, 1.54) is 59.6 Å². The maximum Gasteiger partial charge on any atom is 4.00 e. The molecule has 0 atom stereocenters. The van der Waals surface area contributed by atoms with E-state index >= 15 is 0 Å². The van der Waals surface area contributed by atoms with Crippen LogP contribution in [0.5, 0.6) is 0 Å². The summed E-state index contributed by atoms with van der Waals surface area (Å²) in [6, 6.07) is 27.1. The zero-order valence-corrected chi connectivity index (χ0v) is 32.2. The summed E-state index contributed by atoms with van der Waals surface area (Å²) >= 11 is 0. The molecule has 0 radical (unpaired) electrons. The van der Waals surface area contributed by atoms with Crippen LogP contribution in [0.2, 0.25) is 0 Å². The minimum atomic E-state index is -0.185. The first-order chi connectivity index (χ1) is 17.0. The quantitative estimate of drug-likeness (QED) is 0.141. The topological polar surface area (TPSA) is 0 Å². The Balaban J connectivity index is 0.000000688. The van der Waals surface area contributed by atoms with Gasteiger partial charge in [-0.05, 0) is 35.5 Å². The molecule has 0 aliphatic carbocycles. The van der Waals surface area contributed by atoms with Gasteiger partial charge in [0.15, 0.2) is 0 Å². The van der Waals surface area contributed by atoms with Crippen molar-refractivity contribution in [3.8, 4) is 0 Å². The number of unbranched alkanes of at least 4 members (excludes halogenated alkanes) is 2. The predicted molar refractivity (Wildman–Crippen MR) is 171 cm³/mol. The standard InChI is InChI=1S/2C17H24P.2ClH.Hf/c1-16(2,3)18(17(4,5)6)15-11-13-9-7-8-10-14(13)12-15;1-3-5-11-18(12-6-4-2)17-13-15-9-7-8-10-16(15)14-17;;;/h7-12H,1-6H3;7-10,13-14H,3-6,11-12H2,1-2H3;2*1H;/q2*-1;;;+4/p-2. The van der Waals surface area contributed by atoms with Gasteiger partial charge in [0, 0.05) is 0 Å². The Morgan fingerprint density at radius 1 is 0.615 bits per heavy atom. The summed E-state index contributed by atoms with van der Waals surface area (Å²) in [5, 5.41) is 9.48. The minimum absolute atomic E-state index is 0. The first-order valence-corrected chi connectivity index (χ1v) is 17.0. The average Bonchev–Trinajstić information content (AvgIpc) is 3.41. The molecule has 0 nitrogen and oxygen atoms in total. The van der Waals surface area contributed by atoms with Crippen LogP contribution in [0.1, 0.15) is 81.1 Å². The molecular weight excluding hydrogens is 720 g/mol. The summed E-state index contributed by atoms with van der Waals surface area (Å²) < 4.78 is 0. The molecule has 0 unspecified atom stereocenters. The van der Waals surface area contributed by atoms with Gasteiger partial charge in [0.25, 0.3) is 0 Å². The van der Waals surface area contributed by atoms with Crippen LogP contribution in [-0.2, 0) is 25.8 Å². The third kappa shape index (κ3) is 11.3. The molecule has 4 aromatic rings. The van der Waals surface area contributed by atoms with Crippen LogP contribution in [0.3, 0.4) is 0 Å². The normalized spacial score (nSPS) is 11.5. The maximum atomic E-state index is 2.44. The van der Waals surface area contributed by atoms with Crippen molar-refractivity contribution in [3.63, 3.8) is 0 Å². The fraction of sp³-hybridized carbons (Fsp3) is 0.471. The van der Waals surface area contributed by atoms with E-state index in [-0.39, 0.29) is 66.5 Å². The molecular formula is C34H48Cl2HfP2. The molecule has 5 heteroatoms. The minimum Gasteiger partial charge on any atom is -1.00 e. The molecule has 0 heterocycles. The summed E-state index contributed by atoms with van der Waals surface area (Å²) in [5.41, 5.74) is 0. The van der Waals surface area contributed by atoms with Gasteiger partial charge in [0.2, 0.25) is 0 Å². The molecule has 212 valence electrons. The van der Waals surface area contributed by atoms with Gasteiger partial charge in [-0.2, -0.15) is 12.1 Å². The number of hydrogen-bond acceptors (Lipinski definition) is 0. The van der Waals surface area contributed by atoms with E-state index in [0.717, 1.165) is 0 Å². The fourth-order valence-electron chi connectivity index (χ4n) is 5.43. The number of benzene rings is 2. The Morgan fingerprint density at radius 2 is 1.00 bits per heavy atom. The smallest absolute Gasteiger partial charge is 1.00 e. The van der Waals surface area contributed by atoms with Gasteiger partial charge in [-0.25, -0.2) is 0 Å². The van der Waals surface area contributed by atoms with Gasteiger partial charge in [0.1, 0.15) is 0 Å². The Hall–Kier alpha value is -0.0299. The van der Waals surface area contributed by atoms with Crippen molar-refractivity contribution < 1.29 is 50.7 Å². The molecule has 4 aromatic carbocycles. The largest absolute Gasteiger partial charge is 4.00 e. The van der Waals surface area contributed by atoms with Gasteiger partial charge < -0.3 is 24.8 Å². The molecule has 0 spiro atoms. The van der Waals surface area contributed by atoms with E-state index in [0.29, 0.717) is 10.3 Å². The van der Waals surface area contributed by atoms with E-state index in [4.69, 9.17) is 0 Å². The zero-order chi connectivity index (χ0) is 26.3. The van der Waals surface area contributed by atoms with E-state index < -0.39 is 0 Å². The van der Waals surface area contributed by atoms with Crippen molar-refractivity contribution in [2.75, 3.05) is 12.3 Å². The summed E-state index contributed by atoms with van der Waals surface area (Å²) in [6.07, 6.45) is 8.26. The molecule has 4 rings (SSSR count). The maximum absolute atomic E-state index is 2.44. The van der Waals surface area contributed by atoms with E-state index in [2.05, 4.69) is 128 Å². The number of hydrogen-bond donors (Lipinski definition) is 0. The van der Waals surface area contributed by atoms with Crippen LogP contribution in [0.4, 0.5) is 0 Å². The molecule has 39 heavy (non-hydrogen) atoms. The summed E-state index contributed by atoms with van der Waals surface area (Å²) in [7, 11) is -0.0990. The van der Waals surface area contributed by atoms with Gasteiger partial charge in [-0.15, -0.1) is 80.7 Å². The third-order valence-electron chi connectivity index (χ3n) is 6.73. The number of halogens is 2. The molecule has 0 aliphatic heterocycles. The van der Waals surface area contributed by atoms with Crippen molar-refractivity contribution in [2.24, 2.45) is 0 Å². The van der Waals surface area contributed by atoms with Crippen molar-refractivity contribution in [1.82, 2.24) is 0 Å². The van der Waals surface area contributed by atoms with E-state index in [1.54, 1.807) is 10.6 Å². The van der Waals surface area contributed by atoms with E-state index in [1.807, 2.05) is 0 Å².